The van der Waals surface area contributed by atoms with Crippen LogP contribution in [0.15, 0.2) is 32.6 Å². The summed E-state index contributed by atoms with van der Waals surface area (Å²) in [7, 11) is 0. The Morgan fingerprint density at radius 1 is 1.64 bits per heavy atom. The van der Waals surface area contributed by atoms with Crippen molar-refractivity contribution in [3.63, 3.8) is 0 Å². The highest BCUT2D eigenvalue weighted by Gasteiger charge is 2.15. The van der Waals surface area contributed by atoms with E-state index in [1.54, 1.807) is 26.0 Å². The standard InChI is InChI=1S/C14H14N4O3S/c1-8-10(6-15)13(18-14(20)17-8)22-7-12(19)16-9(2)11-4-3-5-21-11/h3-5,9H,7H2,1-2H3,(H,16,19)(H,17,18,20)/t9-/m1/s1. The van der Waals surface area contributed by atoms with Gasteiger partial charge in [-0.2, -0.15) is 10.2 Å². The van der Waals surface area contributed by atoms with E-state index in [0.717, 1.165) is 11.8 Å². The fraction of sp³-hybridized carbons (Fsp3) is 0.286. The third-order valence-electron chi connectivity index (χ3n) is 2.89. The number of amides is 1. The van der Waals surface area contributed by atoms with Gasteiger partial charge in [-0.1, -0.05) is 11.8 Å². The second kappa shape index (κ2) is 6.95. The van der Waals surface area contributed by atoms with E-state index in [2.05, 4.69) is 15.3 Å². The topological polar surface area (TPSA) is 112 Å². The lowest BCUT2D eigenvalue weighted by Crippen LogP contribution is -2.28. The van der Waals surface area contributed by atoms with Crippen LogP contribution in [0.5, 0.6) is 0 Å². The predicted octanol–water partition coefficient (Wildman–Crippen LogP) is 1.51. The minimum Gasteiger partial charge on any atom is -0.467 e. The Hall–Kier alpha value is -2.53. The Bertz CT molecular complexity index is 761. The molecule has 1 atom stereocenters. The quantitative estimate of drug-likeness (QED) is 0.638. The Morgan fingerprint density at radius 2 is 2.41 bits per heavy atom. The fourth-order valence-electron chi connectivity index (χ4n) is 1.82. The molecule has 0 aliphatic rings. The second-order valence-electron chi connectivity index (χ2n) is 4.55. The van der Waals surface area contributed by atoms with Crippen LogP contribution >= 0.6 is 11.8 Å². The third kappa shape index (κ3) is 3.77. The number of nitrogens with one attached hydrogen (secondary N) is 2. The number of rotatable bonds is 5. The largest absolute Gasteiger partial charge is 0.467 e. The summed E-state index contributed by atoms with van der Waals surface area (Å²) in [6, 6.07) is 5.24. The summed E-state index contributed by atoms with van der Waals surface area (Å²) >= 11 is 1.05. The summed E-state index contributed by atoms with van der Waals surface area (Å²) in [4.78, 5) is 29.5. The van der Waals surface area contributed by atoms with Gasteiger partial charge in [0, 0.05) is 5.69 Å². The van der Waals surface area contributed by atoms with Crippen molar-refractivity contribution in [3.05, 3.63) is 45.9 Å². The summed E-state index contributed by atoms with van der Waals surface area (Å²) in [6.07, 6.45) is 1.54. The molecule has 8 heteroatoms. The molecule has 22 heavy (non-hydrogen) atoms. The zero-order chi connectivity index (χ0) is 16.1. The molecular weight excluding hydrogens is 304 g/mol. The molecule has 7 nitrogen and oxygen atoms in total. The maximum Gasteiger partial charge on any atom is 0.346 e. The summed E-state index contributed by atoms with van der Waals surface area (Å²) in [5.74, 6) is 0.467. The fourth-order valence-corrected chi connectivity index (χ4v) is 2.66. The molecule has 0 saturated carbocycles. The molecule has 0 fully saturated rings. The number of nitrogens with zero attached hydrogens (tertiary/aromatic N) is 2. The van der Waals surface area contributed by atoms with Crippen LogP contribution in [0.25, 0.3) is 0 Å². The number of hydrogen-bond donors (Lipinski definition) is 2. The molecule has 0 aliphatic heterocycles. The number of H-pyrrole nitrogens is 1. The molecule has 1 amide bonds. The number of aromatic nitrogens is 2. The van der Waals surface area contributed by atoms with Gasteiger partial charge in [0.15, 0.2) is 0 Å². The SMILES string of the molecule is Cc1[nH]c(=O)nc(SCC(=O)N[C@H](C)c2ccco2)c1C#N. The Morgan fingerprint density at radius 3 is 3.05 bits per heavy atom. The Balaban J connectivity index is 2.00. The molecule has 0 unspecified atom stereocenters. The van der Waals surface area contributed by atoms with E-state index in [1.807, 2.05) is 6.07 Å². The first-order valence-corrected chi connectivity index (χ1v) is 7.46. The number of carbonyl (C=O) groups excluding carboxylic acids is 1. The van der Waals surface area contributed by atoms with Crippen molar-refractivity contribution in [3.8, 4) is 6.07 Å². The zero-order valence-corrected chi connectivity index (χ0v) is 12.9. The van der Waals surface area contributed by atoms with Gasteiger partial charge >= 0.3 is 5.69 Å². The summed E-state index contributed by atoms with van der Waals surface area (Å²) in [6.45, 7) is 3.42. The van der Waals surface area contributed by atoms with Gasteiger partial charge in [0.1, 0.15) is 22.4 Å². The van der Waals surface area contributed by atoms with Gasteiger partial charge in [-0.25, -0.2) is 4.79 Å². The average Bonchev–Trinajstić information content (AvgIpc) is 2.99. The van der Waals surface area contributed by atoms with Crippen LogP contribution in [0.2, 0.25) is 0 Å². The van der Waals surface area contributed by atoms with Crippen LogP contribution in [0.1, 0.15) is 30.0 Å². The molecule has 2 rings (SSSR count). The first kappa shape index (κ1) is 15.9. The van der Waals surface area contributed by atoms with Crippen LogP contribution in [-0.4, -0.2) is 21.6 Å². The maximum atomic E-state index is 11.9. The molecule has 2 aromatic heterocycles. The molecular formula is C14H14N4O3S. The minimum absolute atomic E-state index is 0.0512. The van der Waals surface area contributed by atoms with Crippen molar-refractivity contribution in [1.82, 2.24) is 15.3 Å². The highest BCUT2D eigenvalue weighted by molar-refractivity contribution is 8.00. The molecule has 0 aromatic carbocycles. The van der Waals surface area contributed by atoms with E-state index in [9.17, 15) is 9.59 Å². The number of hydrogen-bond acceptors (Lipinski definition) is 6. The van der Waals surface area contributed by atoms with Crippen molar-refractivity contribution in [1.29, 1.82) is 5.26 Å². The molecule has 0 radical (unpaired) electrons. The van der Waals surface area contributed by atoms with E-state index < -0.39 is 5.69 Å². The number of carbonyl (C=O) groups is 1. The normalized spacial score (nSPS) is 11.7. The Labute approximate surface area is 130 Å². The van der Waals surface area contributed by atoms with Crippen LogP contribution in [0.3, 0.4) is 0 Å². The van der Waals surface area contributed by atoms with Crippen molar-refractivity contribution < 1.29 is 9.21 Å². The van der Waals surface area contributed by atoms with Gasteiger partial charge in [0.05, 0.1) is 18.1 Å². The molecule has 0 spiro atoms. The van der Waals surface area contributed by atoms with Gasteiger partial charge in [0.25, 0.3) is 0 Å². The van der Waals surface area contributed by atoms with Crippen LogP contribution < -0.4 is 11.0 Å². The smallest absolute Gasteiger partial charge is 0.346 e. The van der Waals surface area contributed by atoms with E-state index in [4.69, 9.17) is 9.68 Å². The first-order chi connectivity index (χ1) is 10.5. The minimum atomic E-state index is -0.539. The molecule has 2 aromatic rings. The number of aryl methyl sites for hydroxylation is 1. The number of aromatic amines is 1. The first-order valence-electron chi connectivity index (χ1n) is 6.48. The van der Waals surface area contributed by atoms with Crippen LogP contribution in [-0.2, 0) is 4.79 Å². The van der Waals surface area contributed by atoms with E-state index in [-0.39, 0.29) is 28.3 Å². The van der Waals surface area contributed by atoms with E-state index in [0.29, 0.717) is 11.5 Å². The number of nitriles is 1. The number of furan rings is 1. The van der Waals surface area contributed by atoms with Crippen LogP contribution in [0, 0.1) is 18.3 Å². The van der Waals surface area contributed by atoms with Gasteiger partial charge in [-0.05, 0) is 26.0 Å². The summed E-state index contributed by atoms with van der Waals surface area (Å²) < 4.78 is 5.20. The third-order valence-corrected chi connectivity index (χ3v) is 3.86. The lowest BCUT2D eigenvalue weighted by atomic mass is 10.2. The monoisotopic (exact) mass is 318 g/mol. The summed E-state index contributed by atoms with van der Waals surface area (Å²) in [5, 5.41) is 12.1. The molecule has 0 saturated heterocycles. The van der Waals surface area contributed by atoms with Gasteiger partial charge in [-0.3, -0.25) is 4.79 Å². The molecule has 2 N–H and O–H groups in total. The van der Waals surface area contributed by atoms with Crippen molar-refractivity contribution in [2.45, 2.75) is 24.9 Å². The predicted molar refractivity (Wildman–Crippen MR) is 80.3 cm³/mol. The molecule has 0 aliphatic carbocycles. The number of thioether (sulfide) groups is 1. The molecule has 0 bridgehead atoms. The highest BCUT2D eigenvalue weighted by Crippen LogP contribution is 2.20. The second-order valence-corrected chi connectivity index (χ2v) is 5.52. The van der Waals surface area contributed by atoms with Crippen molar-refractivity contribution in [2.75, 3.05) is 5.75 Å². The van der Waals surface area contributed by atoms with E-state index >= 15 is 0 Å². The maximum absolute atomic E-state index is 11.9. The highest BCUT2D eigenvalue weighted by atomic mass is 32.2. The average molecular weight is 318 g/mol. The van der Waals surface area contributed by atoms with Crippen molar-refractivity contribution in [2.24, 2.45) is 0 Å². The Kier molecular flexibility index (Phi) is 5.01. The van der Waals surface area contributed by atoms with Gasteiger partial charge < -0.3 is 14.7 Å². The molecule has 114 valence electrons. The lowest BCUT2D eigenvalue weighted by Gasteiger charge is -2.11. The van der Waals surface area contributed by atoms with Gasteiger partial charge in [-0.15, -0.1) is 0 Å². The summed E-state index contributed by atoms with van der Waals surface area (Å²) in [5.41, 5.74) is 0.175. The van der Waals surface area contributed by atoms with Crippen LogP contribution in [0.4, 0.5) is 0 Å². The zero-order valence-electron chi connectivity index (χ0n) is 12.0. The van der Waals surface area contributed by atoms with Gasteiger partial charge in [0.2, 0.25) is 5.91 Å². The van der Waals surface area contributed by atoms with E-state index in [1.165, 1.54) is 6.26 Å². The lowest BCUT2D eigenvalue weighted by molar-refractivity contribution is -0.119. The van der Waals surface area contributed by atoms with Crippen molar-refractivity contribution >= 4 is 17.7 Å². The molecule has 2 heterocycles.